The molecule has 0 bridgehead atoms. The Morgan fingerprint density at radius 2 is 1.92 bits per heavy atom. The van der Waals surface area contributed by atoms with Gasteiger partial charge in [0.05, 0.1) is 13.2 Å². The van der Waals surface area contributed by atoms with Gasteiger partial charge < -0.3 is 24.3 Å². The average Bonchev–Trinajstić information content (AvgIpc) is 3.03. The van der Waals surface area contributed by atoms with E-state index in [1.807, 2.05) is 50.2 Å². The van der Waals surface area contributed by atoms with E-state index in [0.29, 0.717) is 13.3 Å². The number of hydrogen-bond acceptors (Lipinski definition) is 5. The molecule has 1 aliphatic rings. The molecule has 3 rings (SSSR count). The fourth-order valence-electron chi connectivity index (χ4n) is 2.62. The van der Waals surface area contributed by atoms with Crippen molar-refractivity contribution in [1.82, 2.24) is 5.32 Å². The van der Waals surface area contributed by atoms with Gasteiger partial charge in [-0.1, -0.05) is 18.2 Å². The van der Waals surface area contributed by atoms with E-state index in [-0.39, 0.29) is 6.10 Å². The maximum atomic E-state index is 5.93. The van der Waals surface area contributed by atoms with Crippen molar-refractivity contribution in [3.8, 4) is 23.0 Å². The molecule has 2 aromatic carbocycles. The minimum Gasteiger partial charge on any atom is -0.493 e. The van der Waals surface area contributed by atoms with Gasteiger partial charge in [-0.3, -0.25) is 0 Å². The molecule has 5 nitrogen and oxygen atoms in total. The zero-order valence-electron chi connectivity index (χ0n) is 14.3. The van der Waals surface area contributed by atoms with Gasteiger partial charge in [0, 0.05) is 18.7 Å². The molecule has 0 unspecified atom stereocenters. The fraction of sp³-hybridized carbons (Fsp3) is 0.368. The first-order chi connectivity index (χ1) is 11.7. The number of hydrogen-bond donors (Lipinski definition) is 1. The van der Waals surface area contributed by atoms with Crippen LogP contribution < -0.4 is 24.3 Å². The standard InChI is InChI=1S/C19H23NO4/c1-13(2)24-19-15(5-4-6-17(19)21-3)11-20-10-14-7-8-16-18(9-14)23-12-22-16/h4-9,13,20H,10-12H2,1-3H3. The van der Waals surface area contributed by atoms with Crippen molar-refractivity contribution in [3.63, 3.8) is 0 Å². The molecule has 0 aromatic heterocycles. The Morgan fingerprint density at radius 3 is 2.71 bits per heavy atom. The van der Waals surface area contributed by atoms with Crippen LogP contribution in [0.15, 0.2) is 36.4 Å². The summed E-state index contributed by atoms with van der Waals surface area (Å²) in [6.07, 6.45) is 0.0916. The Hall–Kier alpha value is -2.40. The Balaban J connectivity index is 1.66. The summed E-state index contributed by atoms with van der Waals surface area (Å²) < 4.78 is 22.1. The van der Waals surface area contributed by atoms with Gasteiger partial charge in [-0.05, 0) is 37.6 Å². The minimum absolute atomic E-state index is 0.0916. The van der Waals surface area contributed by atoms with Crippen LogP contribution in [0.25, 0.3) is 0 Å². The summed E-state index contributed by atoms with van der Waals surface area (Å²) in [5.41, 5.74) is 2.22. The van der Waals surface area contributed by atoms with Crippen molar-refractivity contribution in [3.05, 3.63) is 47.5 Å². The zero-order chi connectivity index (χ0) is 16.9. The quantitative estimate of drug-likeness (QED) is 0.842. The zero-order valence-corrected chi connectivity index (χ0v) is 14.3. The maximum Gasteiger partial charge on any atom is 0.231 e. The topological polar surface area (TPSA) is 49.0 Å². The predicted octanol–water partition coefficient (Wildman–Crippen LogP) is 3.50. The lowest BCUT2D eigenvalue weighted by Gasteiger charge is -2.17. The van der Waals surface area contributed by atoms with E-state index in [9.17, 15) is 0 Å². The van der Waals surface area contributed by atoms with Crippen molar-refractivity contribution in [2.75, 3.05) is 13.9 Å². The van der Waals surface area contributed by atoms with Crippen LogP contribution in [0.5, 0.6) is 23.0 Å². The molecule has 0 atom stereocenters. The van der Waals surface area contributed by atoms with Crippen LogP contribution in [0.3, 0.4) is 0 Å². The molecule has 128 valence electrons. The normalized spacial score (nSPS) is 12.5. The second-order valence-corrected chi connectivity index (χ2v) is 5.91. The van der Waals surface area contributed by atoms with Gasteiger partial charge in [0.15, 0.2) is 23.0 Å². The third kappa shape index (κ3) is 3.74. The molecule has 0 radical (unpaired) electrons. The molecule has 1 N–H and O–H groups in total. The lowest BCUT2D eigenvalue weighted by Crippen LogP contribution is -2.15. The summed E-state index contributed by atoms with van der Waals surface area (Å²) in [6, 6.07) is 11.9. The van der Waals surface area contributed by atoms with Crippen LogP contribution in [0, 0.1) is 0 Å². The van der Waals surface area contributed by atoms with Crippen LogP contribution in [0.4, 0.5) is 0 Å². The van der Waals surface area contributed by atoms with Gasteiger partial charge in [-0.2, -0.15) is 0 Å². The van der Waals surface area contributed by atoms with Crippen LogP contribution in [0.2, 0.25) is 0 Å². The highest BCUT2D eigenvalue weighted by Crippen LogP contribution is 2.33. The average molecular weight is 329 g/mol. The fourth-order valence-corrected chi connectivity index (χ4v) is 2.62. The Bertz CT molecular complexity index is 700. The lowest BCUT2D eigenvalue weighted by atomic mass is 10.1. The molecule has 0 fully saturated rings. The Kier molecular flexibility index (Phi) is 5.11. The summed E-state index contributed by atoms with van der Waals surface area (Å²) in [6.45, 7) is 5.74. The van der Waals surface area contributed by atoms with Gasteiger partial charge >= 0.3 is 0 Å². The molecular weight excluding hydrogens is 306 g/mol. The summed E-state index contributed by atoms with van der Waals surface area (Å²) in [5.74, 6) is 3.16. The maximum absolute atomic E-state index is 5.93. The number of ether oxygens (including phenoxy) is 4. The van der Waals surface area contributed by atoms with Crippen molar-refractivity contribution >= 4 is 0 Å². The summed E-state index contributed by atoms with van der Waals surface area (Å²) >= 11 is 0. The second kappa shape index (κ2) is 7.45. The highest BCUT2D eigenvalue weighted by Gasteiger charge is 2.14. The first-order valence-electron chi connectivity index (χ1n) is 8.09. The third-order valence-electron chi connectivity index (χ3n) is 3.72. The van der Waals surface area contributed by atoms with E-state index in [4.69, 9.17) is 18.9 Å². The van der Waals surface area contributed by atoms with Crippen molar-refractivity contribution < 1.29 is 18.9 Å². The predicted molar refractivity (Wildman–Crippen MR) is 91.9 cm³/mol. The van der Waals surface area contributed by atoms with Crippen LogP contribution in [-0.2, 0) is 13.1 Å². The Morgan fingerprint density at radius 1 is 1.08 bits per heavy atom. The molecule has 0 saturated carbocycles. The first-order valence-corrected chi connectivity index (χ1v) is 8.09. The molecule has 24 heavy (non-hydrogen) atoms. The van der Waals surface area contributed by atoms with E-state index in [0.717, 1.165) is 40.7 Å². The van der Waals surface area contributed by atoms with Crippen LogP contribution in [-0.4, -0.2) is 20.0 Å². The van der Waals surface area contributed by atoms with Gasteiger partial charge in [-0.15, -0.1) is 0 Å². The SMILES string of the molecule is COc1cccc(CNCc2ccc3c(c2)OCO3)c1OC(C)C. The molecule has 2 aromatic rings. The number of para-hydroxylation sites is 1. The van der Waals surface area contributed by atoms with E-state index >= 15 is 0 Å². The molecule has 1 heterocycles. The molecule has 1 aliphatic heterocycles. The molecule has 0 spiro atoms. The molecule has 0 aliphatic carbocycles. The lowest BCUT2D eigenvalue weighted by molar-refractivity contribution is 0.174. The van der Waals surface area contributed by atoms with Crippen molar-refractivity contribution in [2.24, 2.45) is 0 Å². The monoisotopic (exact) mass is 329 g/mol. The van der Waals surface area contributed by atoms with E-state index in [2.05, 4.69) is 5.32 Å². The van der Waals surface area contributed by atoms with E-state index < -0.39 is 0 Å². The number of rotatable bonds is 7. The third-order valence-corrected chi connectivity index (χ3v) is 3.72. The van der Waals surface area contributed by atoms with Gasteiger partial charge in [-0.25, -0.2) is 0 Å². The highest BCUT2D eigenvalue weighted by atomic mass is 16.7. The molecular formula is C19H23NO4. The van der Waals surface area contributed by atoms with E-state index in [1.165, 1.54) is 0 Å². The number of fused-ring (bicyclic) bond motifs is 1. The summed E-state index contributed by atoms with van der Waals surface area (Å²) in [7, 11) is 1.66. The molecule has 5 heteroatoms. The van der Waals surface area contributed by atoms with Crippen molar-refractivity contribution in [2.45, 2.75) is 33.0 Å². The van der Waals surface area contributed by atoms with Crippen molar-refractivity contribution in [1.29, 1.82) is 0 Å². The van der Waals surface area contributed by atoms with Gasteiger partial charge in [0.25, 0.3) is 0 Å². The second-order valence-electron chi connectivity index (χ2n) is 5.91. The van der Waals surface area contributed by atoms with Crippen LogP contribution in [0.1, 0.15) is 25.0 Å². The summed E-state index contributed by atoms with van der Waals surface area (Å²) in [4.78, 5) is 0. The number of benzene rings is 2. The molecule has 0 amide bonds. The van der Waals surface area contributed by atoms with Gasteiger partial charge in [0.1, 0.15) is 0 Å². The minimum atomic E-state index is 0.0916. The largest absolute Gasteiger partial charge is 0.493 e. The molecule has 0 saturated heterocycles. The highest BCUT2D eigenvalue weighted by molar-refractivity contribution is 5.47. The van der Waals surface area contributed by atoms with Gasteiger partial charge in [0.2, 0.25) is 6.79 Å². The smallest absolute Gasteiger partial charge is 0.231 e. The first kappa shape index (κ1) is 16.5. The van der Waals surface area contributed by atoms with E-state index in [1.54, 1.807) is 7.11 Å². The van der Waals surface area contributed by atoms with Crippen LogP contribution >= 0.6 is 0 Å². The number of methoxy groups -OCH3 is 1. The number of nitrogens with one attached hydrogen (secondary N) is 1. The Labute approximate surface area is 142 Å². The summed E-state index contributed by atoms with van der Waals surface area (Å²) in [5, 5.41) is 3.44.